The van der Waals surface area contributed by atoms with Crippen molar-refractivity contribution in [3.05, 3.63) is 72.9 Å². The van der Waals surface area contributed by atoms with Gasteiger partial charge in [0.1, 0.15) is 13.2 Å². The topological polar surface area (TPSA) is 78.9 Å². The Labute approximate surface area is 408 Å². The van der Waals surface area contributed by atoms with E-state index in [1.54, 1.807) is 0 Å². The maximum Gasteiger partial charge on any atom is 0.306 e. The molecule has 0 fully saturated rings. The third-order valence-electron chi connectivity index (χ3n) is 11.9. The van der Waals surface area contributed by atoms with Crippen LogP contribution in [0.15, 0.2) is 72.9 Å². The van der Waals surface area contributed by atoms with E-state index in [-0.39, 0.29) is 31.6 Å². The van der Waals surface area contributed by atoms with Crippen molar-refractivity contribution >= 4 is 17.9 Å². The van der Waals surface area contributed by atoms with E-state index in [1.165, 1.54) is 128 Å². The van der Waals surface area contributed by atoms with E-state index in [9.17, 15) is 14.4 Å². The summed E-state index contributed by atoms with van der Waals surface area (Å²) in [5.41, 5.74) is 0. The maximum absolute atomic E-state index is 12.8. The van der Waals surface area contributed by atoms with E-state index < -0.39 is 12.1 Å². The van der Waals surface area contributed by atoms with Crippen LogP contribution in [0.1, 0.15) is 271 Å². The highest BCUT2D eigenvalue weighted by molar-refractivity contribution is 5.71. The van der Waals surface area contributed by atoms with Crippen LogP contribution in [0.4, 0.5) is 0 Å². The molecule has 0 aromatic heterocycles. The van der Waals surface area contributed by atoms with Crippen LogP contribution in [0.25, 0.3) is 0 Å². The first-order chi connectivity index (χ1) is 32.5. The van der Waals surface area contributed by atoms with Crippen molar-refractivity contribution in [2.24, 2.45) is 0 Å². The molecule has 0 amide bonds. The van der Waals surface area contributed by atoms with Gasteiger partial charge < -0.3 is 14.2 Å². The van der Waals surface area contributed by atoms with E-state index in [1.807, 2.05) is 12.2 Å². The summed E-state index contributed by atoms with van der Waals surface area (Å²) >= 11 is 0. The SMILES string of the molecule is CC/C=C\C/C=C\C/C=C\C/C=C\CCC(=O)OC(COC(=O)CCCCCCC/C=C\C/C=C\CCC)COC(=O)CCCCCCCCCCCCCCCCCCCCCCCC. The standard InChI is InChI=1S/C60H104O6/c1-4-7-10-13-16-19-22-25-26-27-28-29-30-31-32-33-36-38-41-44-47-50-53-59(62)65-56-57(66-60(63)54-51-48-45-42-39-35-24-21-18-15-12-9-6-3)55-64-58(61)52-49-46-43-40-37-34-23-20-17-14-11-8-5-2/h9,11-12,14,18,20-21,23,35,39,45,48,57H,4-8,10,13,15-17,19,22,24-34,36-38,40-44,46-47,49-56H2,1-3H3/b12-9-,14-11-,21-18-,23-20-,39-35-,48-45-. The average Bonchev–Trinajstić information content (AvgIpc) is 3.31. The Hall–Kier alpha value is -3.15. The van der Waals surface area contributed by atoms with E-state index in [4.69, 9.17) is 14.2 Å². The fourth-order valence-electron chi connectivity index (χ4n) is 7.79. The van der Waals surface area contributed by atoms with Gasteiger partial charge in [0.2, 0.25) is 0 Å². The van der Waals surface area contributed by atoms with Crippen LogP contribution >= 0.6 is 0 Å². The van der Waals surface area contributed by atoms with Crippen LogP contribution in [0.2, 0.25) is 0 Å². The molecule has 1 unspecified atom stereocenters. The molecule has 1 atom stereocenters. The molecule has 0 aliphatic carbocycles. The van der Waals surface area contributed by atoms with Gasteiger partial charge in [-0.2, -0.15) is 0 Å². The lowest BCUT2D eigenvalue weighted by atomic mass is 10.0. The number of allylic oxidation sites excluding steroid dienone is 12. The van der Waals surface area contributed by atoms with Gasteiger partial charge in [0, 0.05) is 19.3 Å². The van der Waals surface area contributed by atoms with Crippen molar-refractivity contribution in [2.75, 3.05) is 13.2 Å². The Balaban J connectivity index is 4.33. The minimum Gasteiger partial charge on any atom is -0.462 e. The quantitative estimate of drug-likeness (QED) is 0.0262. The largest absolute Gasteiger partial charge is 0.462 e. The molecule has 0 aromatic rings. The second kappa shape index (κ2) is 54.5. The number of ether oxygens (including phenoxy) is 3. The monoisotopic (exact) mass is 921 g/mol. The Morgan fingerprint density at radius 1 is 0.318 bits per heavy atom. The van der Waals surface area contributed by atoms with Gasteiger partial charge in [-0.05, 0) is 70.6 Å². The van der Waals surface area contributed by atoms with Crippen molar-refractivity contribution in [2.45, 2.75) is 277 Å². The summed E-state index contributed by atoms with van der Waals surface area (Å²) in [6, 6.07) is 0. The first-order valence-corrected chi connectivity index (χ1v) is 27.9. The zero-order chi connectivity index (χ0) is 47.9. The van der Waals surface area contributed by atoms with Gasteiger partial charge in [0.25, 0.3) is 0 Å². The normalized spacial score (nSPS) is 12.6. The highest BCUT2D eigenvalue weighted by Gasteiger charge is 2.19. The molecule has 0 rings (SSSR count). The molecule has 0 radical (unpaired) electrons. The zero-order valence-electron chi connectivity index (χ0n) is 43.4. The zero-order valence-corrected chi connectivity index (χ0v) is 43.4. The molecule has 0 saturated carbocycles. The number of carbonyl (C=O) groups is 3. The lowest BCUT2D eigenvalue weighted by Crippen LogP contribution is -2.30. The van der Waals surface area contributed by atoms with Crippen molar-refractivity contribution in [1.29, 1.82) is 0 Å². The second-order valence-electron chi connectivity index (χ2n) is 18.5. The molecule has 380 valence electrons. The predicted molar refractivity (Wildman–Crippen MR) is 284 cm³/mol. The fraction of sp³-hybridized carbons (Fsp3) is 0.750. The summed E-state index contributed by atoms with van der Waals surface area (Å²) in [7, 11) is 0. The van der Waals surface area contributed by atoms with E-state index in [0.717, 1.165) is 96.3 Å². The summed E-state index contributed by atoms with van der Waals surface area (Å²) in [5.74, 6) is -0.998. The molecule has 0 aromatic carbocycles. The number of hydrogen-bond donors (Lipinski definition) is 0. The van der Waals surface area contributed by atoms with Crippen LogP contribution < -0.4 is 0 Å². The van der Waals surface area contributed by atoms with Crippen molar-refractivity contribution in [3.8, 4) is 0 Å². The summed E-state index contributed by atoms with van der Waals surface area (Å²) < 4.78 is 16.7. The predicted octanol–water partition coefficient (Wildman–Crippen LogP) is 18.6. The molecule has 0 heterocycles. The minimum atomic E-state index is -0.817. The first-order valence-electron chi connectivity index (χ1n) is 27.9. The number of esters is 3. The summed E-state index contributed by atoms with van der Waals surface area (Å²) in [5, 5.41) is 0. The van der Waals surface area contributed by atoms with Gasteiger partial charge in [-0.1, -0.05) is 254 Å². The lowest BCUT2D eigenvalue weighted by Gasteiger charge is -2.18. The molecule has 0 N–H and O–H groups in total. The van der Waals surface area contributed by atoms with E-state index in [0.29, 0.717) is 19.3 Å². The Bertz CT molecular complexity index is 1240. The molecule has 0 saturated heterocycles. The van der Waals surface area contributed by atoms with E-state index >= 15 is 0 Å². The van der Waals surface area contributed by atoms with Crippen LogP contribution in [-0.4, -0.2) is 37.2 Å². The molecule has 0 aliphatic heterocycles. The molecule has 0 spiro atoms. The third-order valence-corrected chi connectivity index (χ3v) is 11.9. The Morgan fingerprint density at radius 2 is 0.652 bits per heavy atom. The van der Waals surface area contributed by atoms with Gasteiger partial charge in [0.05, 0.1) is 0 Å². The first kappa shape index (κ1) is 62.8. The Morgan fingerprint density at radius 3 is 1.05 bits per heavy atom. The molecular formula is C60H104O6. The highest BCUT2D eigenvalue weighted by Crippen LogP contribution is 2.16. The lowest BCUT2D eigenvalue weighted by molar-refractivity contribution is -0.166. The number of carbonyl (C=O) groups excluding carboxylic acids is 3. The molecule has 0 bridgehead atoms. The minimum absolute atomic E-state index is 0.107. The smallest absolute Gasteiger partial charge is 0.306 e. The van der Waals surface area contributed by atoms with Crippen LogP contribution in [0.3, 0.4) is 0 Å². The fourth-order valence-corrected chi connectivity index (χ4v) is 7.79. The van der Waals surface area contributed by atoms with Crippen molar-refractivity contribution in [1.82, 2.24) is 0 Å². The van der Waals surface area contributed by atoms with Gasteiger partial charge >= 0.3 is 17.9 Å². The molecule has 6 nitrogen and oxygen atoms in total. The van der Waals surface area contributed by atoms with E-state index in [2.05, 4.69) is 81.5 Å². The molecule has 66 heavy (non-hydrogen) atoms. The summed E-state index contributed by atoms with van der Waals surface area (Å²) in [6.07, 6.45) is 69.2. The molecule has 6 heteroatoms. The summed E-state index contributed by atoms with van der Waals surface area (Å²) in [6.45, 7) is 6.40. The Kier molecular flexibility index (Phi) is 51.9. The number of rotatable bonds is 50. The number of unbranched alkanes of at least 4 members (excludes halogenated alkanes) is 27. The highest BCUT2D eigenvalue weighted by atomic mass is 16.6. The van der Waals surface area contributed by atoms with Gasteiger partial charge in [-0.15, -0.1) is 0 Å². The summed E-state index contributed by atoms with van der Waals surface area (Å²) in [4.78, 5) is 38.0. The van der Waals surface area contributed by atoms with Crippen LogP contribution in [-0.2, 0) is 28.6 Å². The van der Waals surface area contributed by atoms with Crippen LogP contribution in [0.5, 0.6) is 0 Å². The van der Waals surface area contributed by atoms with Gasteiger partial charge in [0.15, 0.2) is 6.10 Å². The van der Waals surface area contributed by atoms with Crippen LogP contribution in [0, 0.1) is 0 Å². The van der Waals surface area contributed by atoms with Crippen molar-refractivity contribution < 1.29 is 28.6 Å². The molecule has 0 aliphatic rings. The third kappa shape index (κ3) is 51.8. The maximum atomic E-state index is 12.8. The van der Waals surface area contributed by atoms with Gasteiger partial charge in [-0.3, -0.25) is 14.4 Å². The second-order valence-corrected chi connectivity index (χ2v) is 18.5. The van der Waals surface area contributed by atoms with Crippen molar-refractivity contribution in [3.63, 3.8) is 0 Å². The molecular weight excluding hydrogens is 817 g/mol. The van der Waals surface area contributed by atoms with Gasteiger partial charge in [-0.25, -0.2) is 0 Å². The number of hydrogen-bond acceptors (Lipinski definition) is 6. The average molecular weight is 921 g/mol.